The van der Waals surface area contributed by atoms with Crippen molar-refractivity contribution in [1.29, 1.82) is 0 Å². The summed E-state index contributed by atoms with van der Waals surface area (Å²) in [6.07, 6.45) is 1.27. The van der Waals surface area contributed by atoms with Gasteiger partial charge in [-0.25, -0.2) is 0 Å². The predicted molar refractivity (Wildman–Crippen MR) is 31.9 cm³/mol. The highest BCUT2D eigenvalue weighted by Crippen LogP contribution is 2.34. The molecule has 1 aliphatic carbocycles. The Morgan fingerprint density at radius 2 is 2.43 bits per heavy atom. The molecule has 0 unspecified atom stereocenters. The highest BCUT2D eigenvalue weighted by molar-refractivity contribution is 7.14. The van der Waals surface area contributed by atoms with Gasteiger partial charge < -0.3 is 0 Å². The van der Waals surface area contributed by atoms with E-state index in [1.54, 1.807) is 9.75 Å². The molecule has 3 rings (SSSR count). The lowest BCUT2D eigenvalue weighted by Crippen LogP contribution is -1.82. The maximum absolute atomic E-state index is 2.28. The molecule has 2 aliphatic rings. The van der Waals surface area contributed by atoms with Gasteiger partial charge in [-0.3, -0.25) is 0 Å². The van der Waals surface area contributed by atoms with Crippen molar-refractivity contribution in [2.24, 2.45) is 0 Å². The molecule has 7 heavy (non-hydrogen) atoms. The number of aryl methyl sites for hydroxylation is 1. The molecule has 0 nitrogen and oxygen atoms in total. The van der Waals surface area contributed by atoms with Gasteiger partial charge in [0.15, 0.2) is 0 Å². The summed E-state index contributed by atoms with van der Waals surface area (Å²) in [5, 5.41) is 0. The zero-order chi connectivity index (χ0) is 4.85. The predicted octanol–water partition coefficient (Wildman–Crippen LogP) is 1.96. The molecule has 0 fully saturated rings. The largest absolute Gasteiger partial charge is 0.144 e. The van der Waals surface area contributed by atoms with Crippen LogP contribution in [-0.2, 0) is 6.42 Å². The zero-order valence-electron chi connectivity index (χ0n) is 4.19. The summed E-state index contributed by atoms with van der Waals surface area (Å²) in [6, 6.07) is 2.28. The molecule has 0 N–H and O–H groups in total. The molecular formula is C6H6S. The van der Waals surface area contributed by atoms with E-state index in [0.717, 1.165) is 0 Å². The van der Waals surface area contributed by atoms with E-state index in [0.29, 0.717) is 0 Å². The summed E-state index contributed by atoms with van der Waals surface area (Å²) in [6.45, 7) is 2.18. The van der Waals surface area contributed by atoms with Crippen molar-refractivity contribution in [3.05, 3.63) is 21.4 Å². The molecule has 36 valence electrons. The fourth-order valence-corrected chi connectivity index (χ4v) is 1.90. The summed E-state index contributed by atoms with van der Waals surface area (Å²) < 4.78 is 0. The maximum atomic E-state index is 2.28. The molecule has 1 aliphatic heterocycles. The summed E-state index contributed by atoms with van der Waals surface area (Å²) in [4.78, 5) is 3.16. The van der Waals surface area contributed by atoms with Gasteiger partial charge in [-0.15, -0.1) is 11.3 Å². The summed E-state index contributed by atoms with van der Waals surface area (Å²) in [5.74, 6) is 0. The van der Waals surface area contributed by atoms with Gasteiger partial charge >= 0.3 is 0 Å². The molecule has 0 saturated carbocycles. The van der Waals surface area contributed by atoms with Crippen LogP contribution in [0, 0.1) is 6.92 Å². The van der Waals surface area contributed by atoms with Gasteiger partial charge in [0.2, 0.25) is 0 Å². The van der Waals surface area contributed by atoms with Crippen LogP contribution < -0.4 is 0 Å². The molecule has 0 saturated heterocycles. The average Bonchev–Trinajstić information content (AvgIpc) is 1.85. The van der Waals surface area contributed by atoms with Crippen molar-refractivity contribution in [1.82, 2.24) is 0 Å². The highest BCUT2D eigenvalue weighted by Gasteiger charge is 2.14. The number of thiophene rings is 1. The van der Waals surface area contributed by atoms with Crippen LogP contribution in [0.3, 0.4) is 0 Å². The van der Waals surface area contributed by atoms with Gasteiger partial charge in [-0.1, -0.05) is 0 Å². The van der Waals surface area contributed by atoms with E-state index < -0.39 is 0 Å². The fourth-order valence-electron chi connectivity index (χ4n) is 0.931. The lowest BCUT2D eigenvalue weighted by molar-refractivity contribution is 1.30. The minimum Gasteiger partial charge on any atom is -0.144 e. The van der Waals surface area contributed by atoms with Crippen molar-refractivity contribution < 1.29 is 0 Å². The molecule has 1 aromatic rings. The lowest BCUT2D eigenvalue weighted by atomic mass is 10.3. The zero-order valence-corrected chi connectivity index (χ0v) is 5.01. The van der Waals surface area contributed by atoms with Crippen LogP contribution in [0.5, 0.6) is 0 Å². The van der Waals surface area contributed by atoms with Gasteiger partial charge in [0.05, 0.1) is 0 Å². The Hall–Kier alpha value is -0.300. The van der Waals surface area contributed by atoms with Gasteiger partial charge in [0, 0.05) is 16.2 Å². The monoisotopic (exact) mass is 110 g/mol. The molecule has 1 heteroatoms. The third-order valence-corrected chi connectivity index (χ3v) is 2.64. The van der Waals surface area contributed by atoms with E-state index in [-0.39, 0.29) is 0 Å². The van der Waals surface area contributed by atoms with Gasteiger partial charge in [-0.2, -0.15) is 0 Å². The highest BCUT2D eigenvalue weighted by atomic mass is 32.1. The first-order chi connectivity index (χ1) is 3.36. The SMILES string of the molecule is Cc1cc2sc1C2. The van der Waals surface area contributed by atoms with E-state index in [2.05, 4.69) is 13.0 Å². The normalized spacial score (nSPS) is 13.9. The van der Waals surface area contributed by atoms with Gasteiger partial charge in [0.1, 0.15) is 0 Å². The molecule has 0 atom stereocenters. The fraction of sp³-hybridized carbons (Fsp3) is 0.333. The van der Waals surface area contributed by atoms with Crippen LogP contribution in [0.4, 0.5) is 0 Å². The van der Waals surface area contributed by atoms with Crippen molar-refractivity contribution in [3.63, 3.8) is 0 Å². The van der Waals surface area contributed by atoms with Crippen molar-refractivity contribution >= 4 is 11.3 Å². The van der Waals surface area contributed by atoms with Crippen LogP contribution in [0.15, 0.2) is 6.07 Å². The standard InChI is InChI=1S/C6H6S/c1-4-2-5-3-6(4)7-5/h2H,3H2,1H3. The second-order valence-corrected chi connectivity index (χ2v) is 3.22. The molecule has 0 amide bonds. The maximum Gasteiger partial charge on any atom is 0.0166 e. The van der Waals surface area contributed by atoms with Gasteiger partial charge in [0.25, 0.3) is 0 Å². The lowest BCUT2D eigenvalue weighted by Gasteiger charge is -1.99. The smallest absolute Gasteiger partial charge is 0.0166 e. The first-order valence-corrected chi connectivity index (χ1v) is 3.26. The van der Waals surface area contributed by atoms with Gasteiger partial charge in [-0.05, 0) is 18.6 Å². The first-order valence-electron chi connectivity index (χ1n) is 2.44. The number of hydrogen-bond donors (Lipinski definition) is 0. The number of hydrogen-bond acceptors (Lipinski definition) is 1. The molecule has 0 radical (unpaired) electrons. The summed E-state index contributed by atoms with van der Waals surface area (Å²) in [7, 11) is 0. The van der Waals surface area contributed by atoms with Crippen LogP contribution in [0.2, 0.25) is 0 Å². The Morgan fingerprint density at radius 3 is 2.57 bits per heavy atom. The number of rotatable bonds is 0. The van der Waals surface area contributed by atoms with E-state index in [9.17, 15) is 0 Å². The Morgan fingerprint density at radius 1 is 1.71 bits per heavy atom. The Bertz CT molecular complexity index is 198. The molecule has 0 aromatic carbocycles. The quantitative estimate of drug-likeness (QED) is 0.486. The average molecular weight is 110 g/mol. The minimum atomic E-state index is 1.27. The summed E-state index contributed by atoms with van der Waals surface area (Å²) >= 11 is 1.94. The van der Waals surface area contributed by atoms with E-state index >= 15 is 0 Å². The van der Waals surface area contributed by atoms with Crippen LogP contribution in [-0.4, -0.2) is 0 Å². The van der Waals surface area contributed by atoms with Crippen molar-refractivity contribution in [2.45, 2.75) is 13.3 Å². The Labute approximate surface area is 46.8 Å². The number of fused-ring (bicyclic) bond motifs is 1. The van der Waals surface area contributed by atoms with E-state index in [1.807, 2.05) is 11.3 Å². The summed E-state index contributed by atoms with van der Waals surface area (Å²) in [5.41, 5.74) is 1.50. The Kier molecular flexibility index (Phi) is 0.482. The van der Waals surface area contributed by atoms with Crippen molar-refractivity contribution in [2.75, 3.05) is 0 Å². The molecule has 2 bridgehead atoms. The molecule has 0 spiro atoms. The minimum absolute atomic E-state index is 1.27. The topological polar surface area (TPSA) is 0 Å². The molecule has 2 heterocycles. The van der Waals surface area contributed by atoms with Crippen LogP contribution >= 0.6 is 11.3 Å². The third-order valence-electron chi connectivity index (χ3n) is 1.41. The Balaban J connectivity index is 2.81. The van der Waals surface area contributed by atoms with E-state index in [1.165, 1.54) is 12.0 Å². The molecule has 1 aromatic heterocycles. The van der Waals surface area contributed by atoms with Crippen LogP contribution in [0.25, 0.3) is 0 Å². The van der Waals surface area contributed by atoms with Crippen molar-refractivity contribution in [3.8, 4) is 0 Å². The second kappa shape index (κ2) is 0.920. The van der Waals surface area contributed by atoms with Crippen LogP contribution in [0.1, 0.15) is 15.3 Å². The second-order valence-electron chi connectivity index (χ2n) is 2.00. The van der Waals surface area contributed by atoms with E-state index in [4.69, 9.17) is 0 Å². The first kappa shape index (κ1) is 3.67. The third kappa shape index (κ3) is 0.317. The molecular weight excluding hydrogens is 104 g/mol.